The number of thiazole rings is 1. The zero-order valence-corrected chi connectivity index (χ0v) is 13.9. The van der Waals surface area contributed by atoms with Gasteiger partial charge in [0, 0.05) is 37.1 Å². The van der Waals surface area contributed by atoms with Crippen LogP contribution >= 0.6 is 11.3 Å². The molecule has 0 saturated carbocycles. The monoisotopic (exact) mass is 339 g/mol. The molecule has 0 bridgehead atoms. The van der Waals surface area contributed by atoms with Gasteiger partial charge in [-0.15, -0.1) is 0 Å². The van der Waals surface area contributed by atoms with E-state index in [1.165, 1.54) is 11.3 Å². The van der Waals surface area contributed by atoms with Crippen molar-refractivity contribution in [2.45, 2.75) is 18.8 Å². The zero-order chi connectivity index (χ0) is 16.5. The van der Waals surface area contributed by atoms with Crippen LogP contribution in [0, 0.1) is 0 Å². The fourth-order valence-electron chi connectivity index (χ4n) is 3.15. The summed E-state index contributed by atoms with van der Waals surface area (Å²) in [5, 5.41) is 0.534. The third-order valence-corrected chi connectivity index (χ3v) is 5.17. The molecule has 4 rings (SSSR count). The number of amides is 1. The molecule has 1 fully saturated rings. The lowest BCUT2D eigenvalue weighted by Crippen LogP contribution is -2.39. The number of carbonyl (C=O) groups excluding carboxylic acids is 1. The van der Waals surface area contributed by atoms with Crippen LogP contribution in [0.4, 0.5) is 5.13 Å². The number of aromatic nitrogens is 3. The molecule has 0 unspecified atom stereocenters. The van der Waals surface area contributed by atoms with Gasteiger partial charge in [0.05, 0.1) is 10.3 Å². The number of piperidine rings is 1. The molecule has 0 aromatic carbocycles. The van der Waals surface area contributed by atoms with Gasteiger partial charge in [-0.2, -0.15) is 0 Å². The first-order valence-corrected chi connectivity index (χ1v) is 8.74. The first-order chi connectivity index (χ1) is 11.7. The number of hydrogen-bond acceptors (Lipinski definition) is 6. The molecule has 0 aliphatic carbocycles. The Labute approximate surface area is 143 Å². The summed E-state index contributed by atoms with van der Waals surface area (Å²) in [5.74, 6) is 0.262. The molecule has 0 spiro atoms. The molecular weight excluding hydrogens is 322 g/mol. The highest BCUT2D eigenvalue weighted by Crippen LogP contribution is 2.29. The SMILES string of the molecule is Nc1nc2nc([C@H]3CCCN(C(=O)c4cccnc4)C3)ccc2s1. The Morgan fingerprint density at radius 1 is 1.29 bits per heavy atom. The average molecular weight is 339 g/mol. The molecule has 24 heavy (non-hydrogen) atoms. The average Bonchev–Trinajstić information content (AvgIpc) is 3.01. The smallest absolute Gasteiger partial charge is 0.255 e. The number of nitrogens with two attached hydrogens (primary N) is 1. The maximum atomic E-state index is 12.6. The Kier molecular flexibility index (Phi) is 3.86. The number of rotatable bonds is 2. The van der Waals surface area contributed by atoms with Gasteiger partial charge in [-0.25, -0.2) is 9.97 Å². The minimum atomic E-state index is 0.0341. The van der Waals surface area contributed by atoms with Crippen LogP contribution in [0.5, 0.6) is 0 Å². The van der Waals surface area contributed by atoms with Gasteiger partial charge in [0.1, 0.15) is 0 Å². The summed E-state index contributed by atoms with van der Waals surface area (Å²) in [6, 6.07) is 7.65. The van der Waals surface area contributed by atoms with Crippen molar-refractivity contribution in [3.8, 4) is 0 Å². The van der Waals surface area contributed by atoms with Crippen molar-refractivity contribution in [2.24, 2.45) is 0 Å². The maximum Gasteiger partial charge on any atom is 0.255 e. The second kappa shape index (κ2) is 6.16. The summed E-state index contributed by atoms with van der Waals surface area (Å²) in [4.78, 5) is 27.5. The van der Waals surface area contributed by atoms with Gasteiger partial charge in [-0.3, -0.25) is 9.78 Å². The van der Waals surface area contributed by atoms with Crippen molar-refractivity contribution in [3.63, 3.8) is 0 Å². The summed E-state index contributed by atoms with van der Waals surface area (Å²) in [5.41, 5.74) is 8.07. The first-order valence-electron chi connectivity index (χ1n) is 7.93. The Balaban J connectivity index is 1.56. The predicted molar refractivity (Wildman–Crippen MR) is 93.9 cm³/mol. The lowest BCUT2D eigenvalue weighted by atomic mass is 9.94. The highest BCUT2D eigenvalue weighted by Gasteiger charge is 2.26. The summed E-state index contributed by atoms with van der Waals surface area (Å²) < 4.78 is 0.996. The Morgan fingerprint density at radius 3 is 3.04 bits per heavy atom. The van der Waals surface area contributed by atoms with Crippen LogP contribution in [-0.4, -0.2) is 38.8 Å². The van der Waals surface area contributed by atoms with Crippen LogP contribution in [0.2, 0.25) is 0 Å². The van der Waals surface area contributed by atoms with Crippen LogP contribution in [-0.2, 0) is 0 Å². The highest BCUT2D eigenvalue weighted by atomic mass is 32.1. The number of fused-ring (bicyclic) bond motifs is 1. The minimum absolute atomic E-state index is 0.0341. The standard InChI is InChI=1S/C17H17N5OS/c18-17-21-15-14(24-17)6-5-13(20-15)12-4-2-8-22(10-12)16(23)11-3-1-7-19-9-11/h1,3,5-7,9,12H,2,4,8,10H2,(H2,18,20,21)/t12-/m0/s1. The Hall–Kier alpha value is -2.54. The molecule has 2 N–H and O–H groups in total. The van der Waals surface area contributed by atoms with Crippen LogP contribution in [0.3, 0.4) is 0 Å². The van der Waals surface area contributed by atoms with E-state index in [1.807, 2.05) is 17.0 Å². The van der Waals surface area contributed by atoms with Crippen molar-refractivity contribution >= 4 is 32.7 Å². The topological polar surface area (TPSA) is 85.0 Å². The van der Waals surface area contributed by atoms with Crippen molar-refractivity contribution in [1.82, 2.24) is 19.9 Å². The number of nitrogen functional groups attached to an aromatic ring is 1. The van der Waals surface area contributed by atoms with E-state index in [0.29, 0.717) is 22.9 Å². The Bertz CT molecular complexity index is 879. The van der Waals surface area contributed by atoms with Crippen LogP contribution < -0.4 is 5.73 Å². The van der Waals surface area contributed by atoms with E-state index in [0.717, 1.165) is 29.8 Å². The normalized spacial score (nSPS) is 18.0. The van der Waals surface area contributed by atoms with E-state index < -0.39 is 0 Å². The molecule has 6 nitrogen and oxygen atoms in total. The van der Waals surface area contributed by atoms with E-state index in [9.17, 15) is 4.79 Å². The van der Waals surface area contributed by atoms with E-state index in [-0.39, 0.29) is 11.8 Å². The zero-order valence-electron chi connectivity index (χ0n) is 13.1. The van der Waals surface area contributed by atoms with Crippen molar-refractivity contribution < 1.29 is 4.79 Å². The van der Waals surface area contributed by atoms with Crippen LogP contribution in [0.15, 0.2) is 36.7 Å². The van der Waals surface area contributed by atoms with Crippen LogP contribution in [0.25, 0.3) is 10.3 Å². The van der Waals surface area contributed by atoms with E-state index in [1.54, 1.807) is 24.5 Å². The number of likely N-dealkylation sites (tertiary alicyclic amines) is 1. The third-order valence-electron chi connectivity index (χ3n) is 4.33. The quantitative estimate of drug-likeness (QED) is 0.776. The van der Waals surface area contributed by atoms with E-state index in [2.05, 4.69) is 15.0 Å². The fourth-order valence-corrected chi connectivity index (χ4v) is 3.83. The fraction of sp³-hybridized carbons (Fsp3) is 0.294. The molecule has 1 atom stereocenters. The van der Waals surface area contributed by atoms with Gasteiger partial charge in [0.25, 0.3) is 5.91 Å². The van der Waals surface area contributed by atoms with Crippen LogP contribution in [0.1, 0.15) is 34.8 Å². The maximum absolute atomic E-state index is 12.6. The van der Waals surface area contributed by atoms with E-state index in [4.69, 9.17) is 5.73 Å². The van der Waals surface area contributed by atoms with Gasteiger partial charge in [-0.05, 0) is 37.1 Å². The molecule has 3 aromatic heterocycles. The lowest BCUT2D eigenvalue weighted by Gasteiger charge is -2.32. The number of pyridine rings is 2. The molecule has 1 aliphatic rings. The van der Waals surface area contributed by atoms with Crippen molar-refractivity contribution in [1.29, 1.82) is 0 Å². The number of anilines is 1. The van der Waals surface area contributed by atoms with Gasteiger partial charge in [0.15, 0.2) is 10.8 Å². The third kappa shape index (κ3) is 2.82. The number of carbonyl (C=O) groups is 1. The minimum Gasteiger partial charge on any atom is -0.375 e. The van der Waals surface area contributed by atoms with Gasteiger partial charge >= 0.3 is 0 Å². The van der Waals surface area contributed by atoms with E-state index >= 15 is 0 Å². The molecule has 7 heteroatoms. The predicted octanol–water partition coefficient (Wildman–Crippen LogP) is 2.69. The summed E-state index contributed by atoms with van der Waals surface area (Å²) >= 11 is 1.44. The largest absolute Gasteiger partial charge is 0.375 e. The number of hydrogen-bond donors (Lipinski definition) is 1. The molecule has 1 amide bonds. The highest BCUT2D eigenvalue weighted by molar-refractivity contribution is 7.21. The van der Waals surface area contributed by atoms with Gasteiger partial charge in [0.2, 0.25) is 0 Å². The first kappa shape index (κ1) is 15.0. The second-order valence-electron chi connectivity index (χ2n) is 5.94. The second-order valence-corrected chi connectivity index (χ2v) is 7.00. The molecule has 3 aromatic rings. The summed E-state index contributed by atoms with van der Waals surface area (Å²) in [6.45, 7) is 1.45. The molecular formula is C17H17N5OS. The van der Waals surface area contributed by atoms with Crippen molar-refractivity contribution in [2.75, 3.05) is 18.8 Å². The van der Waals surface area contributed by atoms with Crippen molar-refractivity contribution in [3.05, 3.63) is 47.9 Å². The summed E-state index contributed by atoms with van der Waals surface area (Å²) in [6.07, 6.45) is 5.29. The lowest BCUT2D eigenvalue weighted by molar-refractivity contribution is 0.0705. The molecule has 1 saturated heterocycles. The van der Waals surface area contributed by atoms with Gasteiger partial charge in [-0.1, -0.05) is 11.3 Å². The molecule has 0 radical (unpaired) electrons. The Morgan fingerprint density at radius 2 is 2.21 bits per heavy atom. The molecule has 4 heterocycles. The van der Waals surface area contributed by atoms with Gasteiger partial charge < -0.3 is 10.6 Å². The molecule has 122 valence electrons. The molecule has 1 aliphatic heterocycles. The summed E-state index contributed by atoms with van der Waals surface area (Å²) in [7, 11) is 0. The number of nitrogens with zero attached hydrogens (tertiary/aromatic N) is 4.